The number of benzene rings is 1. The number of carbonyl (C=O) groups is 2. The lowest BCUT2D eigenvalue weighted by Crippen LogP contribution is -2.40. The minimum absolute atomic E-state index is 0.0749. The van der Waals surface area contributed by atoms with E-state index in [1.54, 1.807) is 17.3 Å². The summed E-state index contributed by atoms with van der Waals surface area (Å²) in [5, 5.41) is 2.95. The van der Waals surface area contributed by atoms with Crippen molar-refractivity contribution in [3.63, 3.8) is 0 Å². The zero-order chi connectivity index (χ0) is 17.9. The number of aromatic nitrogens is 1. The van der Waals surface area contributed by atoms with Gasteiger partial charge in [-0.1, -0.05) is 36.4 Å². The van der Waals surface area contributed by atoms with E-state index in [1.807, 2.05) is 47.4 Å². The highest BCUT2D eigenvalue weighted by molar-refractivity contribution is 5.84. The van der Waals surface area contributed by atoms with Crippen molar-refractivity contribution in [2.24, 2.45) is 11.8 Å². The minimum Gasteiger partial charge on any atom is -0.338 e. The molecular formula is C20H22N4O2. The summed E-state index contributed by atoms with van der Waals surface area (Å²) in [6.45, 7) is 2.96. The summed E-state index contributed by atoms with van der Waals surface area (Å²) in [5.41, 5.74) is 2.11. The van der Waals surface area contributed by atoms with E-state index in [1.165, 1.54) is 0 Å². The average Bonchev–Trinajstić information content (AvgIpc) is 3.21. The molecule has 2 aromatic rings. The molecule has 0 radical (unpaired) electrons. The third-order valence-corrected chi connectivity index (χ3v) is 5.19. The van der Waals surface area contributed by atoms with E-state index in [-0.39, 0.29) is 23.8 Å². The highest BCUT2D eigenvalue weighted by Gasteiger charge is 2.47. The van der Waals surface area contributed by atoms with Gasteiger partial charge in [0, 0.05) is 51.0 Å². The number of hydrogen-bond acceptors (Lipinski definition) is 3. The highest BCUT2D eigenvalue weighted by Crippen LogP contribution is 2.33. The van der Waals surface area contributed by atoms with Gasteiger partial charge in [-0.2, -0.15) is 0 Å². The summed E-state index contributed by atoms with van der Waals surface area (Å²) in [5.74, 6) is 0.299. The molecule has 6 nitrogen and oxygen atoms in total. The van der Waals surface area contributed by atoms with Gasteiger partial charge in [0.2, 0.25) is 5.91 Å². The predicted octanol–water partition coefficient (Wildman–Crippen LogP) is 1.88. The summed E-state index contributed by atoms with van der Waals surface area (Å²) in [6, 6.07) is 13.6. The Hall–Kier alpha value is -2.89. The molecule has 0 spiro atoms. The number of amides is 3. The molecule has 0 saturated carbocycles. The average molecular weight is 350 g/mol. The van der Waals surface area contributed by atoms with Crippen LogP contribution < -0.4 is 5.32 Å². The van der Waals surface area contributed by atoms with Crippen LogP contribution in [0.4, 0.5) is 4.79 Å². The molecule has 2 atom stereocenters. The van der Waals surface area contributed by atoms with E-state index in [4.69, 9.17) is 0 Å². The zero-order valence-electron chi connectivity index (χ0n) is 14.5. The lowest BCUT2D eigenvalue weighted by molar-refractivity contribution is -0.131. The molecule has 0 bridgehead atoms. The maximum atomic E-state index is 12.7. The molecule has 1 aromatic carbocycles. The molecule has 2 aliphatic heterocycles. The highest BCUT2D eigenvalue weighted by atomic mass is 16.2. The molecule has 3 heterocycles. The molecule has 2 saturated heterocycles. The number of likely N-dealkylation sites (tertiary alicyclic amines) is 2. The first-order valence-electron chi connectivity index (χ1n) is 8.95. The topological polar surface area (TPSA) is 65.5 Å². The first-order valence-corrected chi connectivity index (χ1v) is 8.95. The van der Waals surface area contributed by atoms with Crippen LogP contribution in [0.5, 0.6) is 0 Å². The Morgan fingerprint density at radius 1 is 1.08 bits per heavy atom. The molecule has 0 unspecified atom stereocenters. The molecular weight excluding hydrogens is 328 g/mol. The van der Waals surface area contributed by atoms with Gasteiger partial charge >= 0.3 is 6.03 Å². The lowest BCUT2D eigenvalue weighted by Gasteiger charge is -2.22. The van der Waals surface area contributed by atoms with Crippen LogP contribution in [-0.4, -0.2) is 46.4 Å². The van der Waals surface area contributed by atoms with Crippen LogP contribution in [0.3, 0.4) is 0 Å². The number of rotatable bonds is 4. The fourth-order valence-electron chi connectivity index (χ4n) is 3.85. The second kappa shape index (κ2) is 7.15. The van der Waals surface area contributed by atoms with Crippen LogP contribution in [0.25, 0.3) is 0 Å². The van der Waals surface area contributed by atoms with Gasteiger partial charge in [-0.15, -0.1) is 0 Å². The maximum absolute atomic E-state index is 12.7. The number of nitrogens with zero attached hydrogens (tertiary/aromatic N) is 3. The quantitative estimate of drug-likeness (QED) is 0.916. The summed E-state index contributed by atoms with van der Waals surface area (Å²) in [7, 11) is 0. The largest absolute Gasteiger partial charge is 0.338 e. The summed E-state index contributed by atoms with van der Waals surface area (Å²) in [6.07, 6.45) is 3.53. The number of carbonyl (C=O) groups excluding carboxylic acids is 2. The van der Waals surface area contributed by atoms with Gasteiger partial charge in [0.15, 0.2) is 0 Å². The van der Waals surface area contributed by atoms with E-state index < -0.39 is 0 Å². The fourth-order valence-corrected chi connectivity index (χ4v) is 3.85. The minimum atomic E-state index is -0.0881. The summed E-state index contributed by atoms with van der Waals surface area (Å²) in [4.78, 5) is 32.9. The Balaban J connectivity index is 1.31. The standard InChI is InChI=1S/C20H22N4O2/c25-19-18-14-24(20(26)22-10-15-5-2-1-3-6-15)13-17(18)12-23(19)11-16-7-4-8-21-9-16/h1-9,17-18H,10-14H2,(H,22,26)/t17-,18+/m0/s1. The Labute approximate surface area is 152 Å². The Morgan fingerprint density at radius 2 is 1.88 bits per heavy atom. The van der Waals surface area contributed by atoms with Gasteiger partial charge in [-0.25, -0.2) is 4.79 Å². The van der Waals surface area contributed by atoms with E-state index in [2.05, 4.69) is 10.3 Å². The van der Waals surface area contributed by atoms with Crippen molar-refractivity contribution in [1.29, 1.82) is 0 Å². The van der Waals surface area contributed by atoms with Crippen molar-refractivity contribution in [2.75, 3.05) is 19.6 Å². The Morgan fingerprint density at radius 3 is 2.62 bits per heavy atom. The van der Waals surface area contributed by atoms with Crippen LogP contribution >= 0.6 is 0 Å². The Bertz CT molecular complexity index is 781. The molecule has 1 aromatic heterocycles. The molecule has 134 valence electrons. The number of fused-ring (bicyclic) bond motifs is 1. The molecule has 0 aliphatic carbocycles. The zero-order valence-corrected chi connectivity index (χ0v) is 14.5. The van der Waals surface area contributed by atoms with E-state index in [9.17, 15) is 9.59 Å². The normalized spacial score (nSPS) is 21.8. The first-order chi connectivity index (χ1) is 12.7. The van der Waals surface area contributed by atoms with Crippen molar-refractivity contribution in [2.45, 2.75) is 13.1 Å². The summed E-state index contributed by atoms with van der Waals surface area (Å²) >= 11 is 0. The smallest absolute Gasteiger partial charge is 0.317 e. The third kappa shape index (κ3) is 3.40. The van der Waals surface area contributed by atoms with Crippen molar-refractivity contribution < 1.29 is 9.59 Å². The third-order valence-electron chi connectivity index (χ3n) is 5.19. The van der Waals surface area contributed by atoms with Crippen molar-refractivity contribution in [1.82, 2.24) is 20.1 Å². The first kappa shape index (κ1) is 16.6. The van der Waals surface area contributed by atoms with Crippen LogP contribution in [-0.2, 0) is 17.9 Å². The van der Waals surface area contributed by atoms with Crippen molar-refractivity contribution in [3.05, 3.63) is 66.0 Å². The molecule has 2 aliphatic rings. The Kier molecular flexibility index (Phi) is 4.56. The van der Waals surface area contributed by atoms with Gasteiger partial charge in [0.1, 0.15) is 0 Å². The SMILES string of the molecule is O=C(NCc1ccccc1)N1C[C@@H]2CN(Cc3cccnc3)C(=O)[C@@H]2C1. The monoisotopic (exact) mass is 350 g/mol. The van der Waals surface area contributed by atoms with Gasteiger partial charge < -0.3 is 15.1 Å². The second-order valence-electron chi connectivity index (χ2n) is 7.00. The molecule has 4 rings (SSSR count). The van der Waals surface area contributed by atoms with Crippen LogP contribution in [0, 0.1) is 11.8 Å². The van der Waals surface area contributed by atoms with Gasteiger partial charge in [0.05, 0.1) is 5.92 Å². The van der Waals surface area contributed by atoms with E-state index in [0.717, 1.165) is 11.1 Å². The summed E-state index contributed by atoms with van der Waals surface area (Å²) < 4.78 is 0. The fraction of sp³-hybridized carbons (Fsp3) is 0.350. The van der Waals surface area contributed by atoms with Gasteiger partial charge in [0.25, 0.3) is 0 Å². The van der Waals surface area contributed by atoms with Crippen LogP contribution in [0.1, 0.15) is 11.1 Å². The molecule has 26 heavy (non-hydrogen) atoms. The molecule has 3 amide bonds. The van der Waals surface area contributed by atoms with Gasteiger partial charge in [-0.3, -0.25) is 9.78 Å². The van der Waals surface area contributed by atoms with Gasteiger partial charge in [-0.05, 0) is 17.2 Å². The van der Waals surface area contributed by atoms with E-state index in [0.29, 0.717) is 32.7 Å². The molecule has 2 fully saturated rings. The number of nitrogens with one attached hydrogen (secondary N) is 1. The van der Waals surface area contributed by atoms with Crippen molar-refractivity contribution >= 4 is 11.9 Å². The van der Waals surface area contributed by atoms with E-state index >= 15 is 0 Å². The maximum Gasteiger partial charge on any atom is 0.317 e. The van der Waals surface area contributed by atoms with Crippen molar-refractivity contribution in [3.8, 4) is 0 Å². The number of urea groups is 1. The molecule has 1 N–H and O–H groups in total. The lowest BCUT2D eigenvalue weighted by atomic mass is 10.0. The predicted molar refractivity (Wildman–Crippen MR) is 96.9 cm³/mol. The number of pyridine rings is 1. The second-order valence-corrected chi connectivity index (χ2v) is 7.00. The van der Waals surface area contributed by atoms with Crippen LogP contribution in [0.2, 0.25) is 0 Å². The van der Waals surface area contributed by atoms with Crippen LogP contribution in [0.15, 0.2) is 54.9 Å². The molecule has 6 heteroatoms. The number of hydrogen-bond donors (Lipinski definition) is 1.